The summed E-state index contributed by atoms with van der Waals surface area (Å²) < 4.78 is 0. The molecule has 1 unspecified atom stereocenters. The van der Waals surface area contributed by atoms with Crippen LogP contribution in [0.3, 0.4) is 0 Å². The minimum absolute atomic E-state index is 0.0217. The van der Waals surface area contributed by atoms with E-state index in [9.17, 15) is 4.79 Å². The molecule has 2 N–H and O–H groups in total. The highest BCUT2D eigenvalue weighted by Gasteiger charge is 2.18. The molecule has 1 aromatic rings. The average Bonchev–Trinajstić information content (AvgIpc) is 2.35. The Labute approximate surface area is 110 Å². The molecule has 0 spiro atoms. The molecule has 1 atom stereocenters. The lowest BCUT2D eigenvalue weighted by Crippen LogP contribution is -2.39. The van der Waals surface area contributed by atoms with Crippen LogP contribution in [0.15, 0.2) is 24.3 Å². The van der Waals surface area contributed by atoms with E-state index >= 15 is 0 Å². The van der Waals surface area contributed by atoms with E-state index in [1.807, 2.05) is 31.2 Å². The summed E-state index contributed by atoms with van der Waals surface area (Å²) in [6.07, 6.45) is 0. The third kappa shape index (κ3) is 3.33. The number of likely N-dealkylation sites (N-methyl/N-ethyl adjacent to an activating group) is 1. The Bertz CT molecular complexity index is 403. The number of amides is 1. The first-order valence-electron chi connectivity index (χ1n) is 6.35. The fourth-order valence-corrected chi connectivity index (χ4v) is 1.67. The molecular weight excluding hydrogens is 224 g/mol. The molecule has 0 saturated heterocycles. The minimum Gasteiger partial charge on any atom is -0.338 e. The van der Waals surface area contributed by atoms with Crippen molar-refractivity contribution in [1.29, 1.82) is 0 Å². The van der Waals surface area contributed by atoms with E-state index in [4.69, 9.17) is 5.73 Å². The van der Waals surface area contributed by atoms with E-state index in [0.29, 0.717) is 12.1 Å². The Balaban J connectivity index is 2.89. The van der Waals surface area contributed by atoms with Crippen LogP contribution in [0.1, 0.15) is 43.6 Å². The second-order valence-corrected chi connectivity index (χ2v) is 5.83. The Kier molecular flexibility index (Phi) is 4.52. The quantitative estimate of drug-likeness (QED) is 0.893. The molecular formula is C15H24N2O. The molecule has 0 saturated carbocycles. The largest absolute Gasteiger partial charge is 0.338 e. The highest BCUT2D eigenvalue weighted by Crippen LogP contribution is 2.22. The topological polar surface area (TPSA) is 46.3 Å². The zero-order valence-electron chi connectivity index (χ0n) is 12.0. The van der Waals surface area contributed by atoms with Crippen LogP contribution in [0, 0.1) is 0 Å². The van der Waals surface area contributed by atoms with Gasteiger partial charge in [-0.3, -0.25) is 4.79 Å². The maximum atomic E-state index is 12.2. The van der Waals surface area contributed by atoms with Gasteiger partial charge in [-0.25, -0.2) is 0 Å². The Hall–Kier alpha value is -1.35. The number of carbonyl (C=O) groups excluding carboxylic acids is 1. The van der Waals surface area contributed by atoms with E-state index in [0.717, 1.165) is 0 Å². The second-order valence-electron chi connectivity index (χ2n) is 5.83. The zero-order chi connectivity index (χ0) is 13.9. The molecule has 0 heterocycles. The SMILES string of the molecule is CC(CN)N(C)C(=O)c1ccc(C(C)(C)C)cc1. The third-order valence-corrected chi connectivity index (χ3v) is 3.32. The molecule has 0 aromatic heterocycles. The first-order valence-corrected chi connectivity index (χ1v) is 6.35. The summed E-state index contributed by atoms with van der Waals surface area (Å²) in [4.78, 5) is 13.9. The Morgan fingerprint density at radius 1 is 1.28 bits per heavy atom. The van der Waals surface area contributed by atoms with Crippen molar-refractivity contribution in [1.82, 2.24) is 4.90 Å². The maximum absolute atomic E-state index is 12.2. The molecule has 1 aromatic carbocycles. The predicted octanol–water partition coefficient (Wildman–Crippen LogP) is 2.40. The molecule has 3 heteroatoms. The molecule has 0 radical (unpaired) electrons. The number of nitrogens with zero attached hydrogens (tertiary/aromatic N) is 1. The van der Waals surface area contributed by atoms with Crippen molar-refractivity contribution in [3.05, 3.63) is 35.4 Å². The van der Waals surface area contributed by atoms with Crippen LogP contribution in [-0.4, -0.2) is 30.4 Å². The second kappa shape index (κ2) is 5.53. The summed E-state index contributed by atoms with van der Waals surface area (Å²) in [5.41, 5.74) is 7.63. The number of hydrogen-bond donors (Lipinski definition) is 1. The molecule has 100 valence electrons. The summed E-state index contributed by atoms with van der Waals surface area (Å²) in [6.45, 7) is 8.90. The normalized spacial score (nSPS) is 13.2. The van der Waals surface area contributed by atoms with Gasteiger partial charge in [-0.1, -0.05) is 32.9 Å². The van der Waals surface area contributed by atoms with Crippen LogP contribution in [0.5, 0.6) is 0 Å². The molecule has 0 fully saturated rings. The van der Waals surface area contributed by atoms with Gasteiger partial charge in [0.1, 0.15) is 0 Å². The highest BCUT2D eigenvalue weighted by atomic mass is 16.2. The molecule has 1 rings (SSSR count). The van der Waals surface area contributed by atoms with Gasteiger partial charge in [0.15, 0.2) is 0 Å². The minimum atomic E-state index is 0.0217. The van der Waals surface area contributed by atoms with Crippen LogP contribution in [0.25, 0.3) is 0 Å². The van der Waals surface area contributed by atoms with Gasteiger partial charge in [0.25, 0.3) is 5.91 Å². The molecule has 0 aliphatic heterocycles. The first kappa shape index (κ1) is 14.7. The van der Waals surface area contributed by atoms with E-state index in [2.05, 4.69) is 20.8 Å². The summed E-state index contributed by atoms with van der Waals surface area (Å²) in [7, 11) is 1.79. The predicted molar refractivity (Wildman–Crippen MR) is 75.8 cm³/mol. The van der Waals surface area contributed by atoms with Gasteiger partial charge in [0.2, 0.25) is 0 Å². The van der Waals surface area contributed by atoms with Crippen molar-refractivity contribution in [2.45, 2.75) is 39.2 Å². The van der Waals surface area contributed by atoms with Gasteiger partial charge >= 0.3 is 0 Å². The van der Waals surface area contributed by atoms with Crippen molar-refractivity contribution in [3.8, 4) is 0 Å². The van der Waals surface area contributed by atoms with Gasteiger partial charge < -0.3 is 10.6 Å². The van der Waals surface area contributed by atoms with Crippen LogP contribution in [0.4, 0.5) is 0 Å². The maximum Gasteiger partial charge on any atom is 0.253 e. The number of nitrogens with two attached hydrogens (primary N) is 1. The highest BCUT2D eigenvalue weighted by molar-refractivity contribution is 5.94. The van der Waals surface area contributed by atoms with Gasteiger partial charge in [-0.05, 0) is 30.0 Å². The van der Waals surface area contributed by atoms with Gasteiger partial charge in [-0.15, -0.1) is 0 Å². The number of carbonyl (C=O) groups is 1. The van der Waals surface area contributed by atoms with E-state index in [1.165, 1.54) is 5.56 Å². The monoisotopic (exact) mass is 248 g/mol. The number of benzene rings is 1. The Morgan fingerprint density at radius 2 is 1.78 bits per heavy atom. The van der Waals surface area contributed by atoms with Crippen molar-refractivity contribution in [3.63, 3.8) is 0 Å². The summed E-state index contributed by atoms with van der Waals surface area (Å²) in [5, 5.41) is 0. The smallest absolute Gasteiger partial charge is 0.253 e. The van der Waals surface area contributed by atoms with Crippen LogP contribution >= 0.6 is 0 Å². The summed E-state index contributed by atoms with van der Waals surface area (Å²) in [6, 6.07) is 7.88. The lowest BCUT2D eigenvalue weighted by Gasteiger charge is -2.24. The molecule has 1 amide bonds. The van der Waals surface area contributed by atoms with E-state index in [1.54, 1.807) is 11.9 Å². The lowest BCUT2D eigenvalue weighted by molar-refractivity contribution is 0.0748. The van der Waals surface area contributed by atoms with Gasteiger partial charge in [0.05, 0.1) is 0 Å². The first-order chi connectivity index (χ1) is 8.27. The molecule has 0 bridgehead atoms. The van der Waals surface area contributed by atoms with Crippen molar-refractivity contribution >= 4 is 5.91 Å². The van der Waals surface area contributed by atoms with Crippen molar-refractivity contribution in [2.24, 2.45) is 5.73 Å². The lowest BCUT2D eigenvalue weighted by atomic mass is 9.86. The van der Waals surface area contributed by atoms with Crippen LogP contribution in [0.2, 0.25) is 0 Å². The molecule has 18 heavy (non-hydrogen) atoms. The fourth-order valence-electron chi connectivity index (χ4n) is 1.67. The van der Waals surface area contributed by atoms with E-state index < -0.39 is 0 Å². The van der Waals surface area contributed by atoms with Gasteiger partial charge in [0, 0.05) is 25.2 Å². The Morgan fingerprint density at radius 3 is 2.17 bits per heavy atom. The van der Waals surface area contributed by atoms with Crippen LogP contribution < -0.4 is 5.73 Å². The fraction of sp³-hybridized carbons (Fsp3) is 0.533. The molecule has 0 aliphatic rings. The summed E-state index contributed by atoms with van der Waals surface area (Å²) >= 11 is 0. The van der Waals surface area contributed by atoms with Gasteiger partial charge in [-0.2, -0.15) is 0 Å². The van der Waals surface area contributed by atoms with Crippen molar-refractivity contribution < 1.29 is 4.79 Å². The molecule has 3 nitrogen and oxygen atoms in total. The summed E-state index contributed by atoms with van der Waals surface area (Å²) in [5.74, 6) is 0.0217. The number of rotatable bonds is 3. The zero-order valence-corrected chi connectivity index (χ0v) is 12.0. The van der Waals surface area contributed by atoms with Crippen molar-refractivity contribution in [2.75, 3.05) is 13.6 Å². The average molecular weight is 248 g/mol. The third-order valence-electron chi connectivity index (χ3n) is 3.32. The number of hydrogen-bond acceptors (Lipinski definition) is 2. The standard InChI is InChI=1S/C15H24N2O/c1-11(10-16)17(5)14(18)12-6-8-13(9-7-12)15(2,3)4/h6-9,11H,10,16H2,1-5H3. The molecule has 0 aliphatic carbocycles. The van der Waals surface area contributed by atoms with E-state index in [-0.39, 0.29) is 17.4 Å². The van der Waals surface area contributed by atoms with Crippen LogP contribution in [-0.2, 0) is 5.41 Å².